The summed E-state index contributed by atoms with van der Waals surface area (Å²) in [5.41, 5.74) is 2.56. The van der Waals surface area contributed by atoms with E-state index < -0.39 is 23.3 Å². The van der Waals surface area contributed by atoms with Crippen LogP contribution in [0.2, 0.25) is 0 Å². The quantitative estimate of drug-likeness (QED) is 0.284. The van der Waals surface area contributed by atoms with E-state index >= 15 is 0 Å². The first-order chi connectivity index (χ1) is 15.4. The summed E-state index contributed by atoms with van der Waals surface area (Å²) in [5.74, 6) is -3.12. The normalized spacial score (nSPS) is 16.4. The second-order valence-electron chi connectivity index (χ2n) is 8.21. The van der Waals surface area contributed by atoms with Gasteiger partial charge in [0.25, 0.3) is 0 Å². The monoisotopic (exact) mass is 436 g/mol. The summed E-state index contributed by atoms with van der Waals surface area (Å²) in [7, 11) is 0. The summed E-state index contributed by atoms with van der Waals surface area (Å²) in [6, 6.07) is 12.6. The molecule has 1 unspecified atom stereocenters. The van der Waals surface area contributed by atoms with Crippen molar-refractivity contribution in [3.63, 3.8) is 0 Å². The van der Waals surface area contributed by atoms with Crippen LogP contribution in [0.15, 0.2) is 66.8 Å². The number of benzene rings is 3. The second kappa shape index (κ2) is 9.15. The molecule has 0 saturated carbocycles. The first-order valence-corrected chi connectivity index (χ1v) is 10.8. The van der Waals surface area contributed by atoms with Gasteiger partial charge < -0.3 is 0 Å². The molecule has 0 saturated heterocycles. The molecule has 32 heavy (non-hydrogen) atoms. The van der Waals surface area contributed by atoms with Crippen molar-refractivity contribution in [2.45, 2.75) is 33.1 Å². The highest BCUT2D eigenvalue weighted by atomic mass is 19.2. The van der Waals surface area contributed by atoms with Gasteiger partial charge in [-0.3, -0.25) is 0 Å². The molecule has 1 aliphatic carbocycles. The van der Waals surface area contributed by atoms with Gasteiger partial charge in [-0.1, -0.05) is 66.8 Å². The number of allylic oxidation sites excluding steroid dienone is 4. The molecule has 164 valence electrons. The van der Waals surface area contributed by atoms with Gasteiger partial charge in [-0.15, -0.1) is 0 Å². The summed E-state index contributed by atoms with van der Waals surface area (Å²) >= 11 is 0. The van der Waals surface area contributed by atoms with Crippen LogP contribution in [0.4, 0.5) is 17.6 Å². The molecular weight excluding hydrogens is 412 g/mol. The summed E-state index contributed by atoms with van der Waals surface area (Å²) in [6.45, 7) is 3.48. The minimum atomic E-state index is -0.920. The molecule has 3 aromatic rings. The minimum Gasteiger partial charge on any atom is -0.203 e. The Kier molecular flexibility index (Phi) is 6.31. The zero-order valence-corrected chi connectivity index (χ0v) is 18.1. The molecule has 0 fully saturated rings. The Morgan fingerprint density at radius 1 is 0.719 bits per heavy atom. The minimum absolute atomic E-state index is 0.127. The number of aryl methyl sites for hydroxylation is 1. The van der Waals surface area contributed by atoms with Crippen LogP contribution >= 0.6 is 0 Å². The zero-order chi connectivity index (χ0) is 22.8. The molecule has 0 spiro atoms. The van der Waals surface area contributed by atoms with Gasteiger partial charge >= 0.3 is 0 Å². The van der Waals surface area contributed by atoms with E-state index in [1.807, 2.05) is 19.1 Å². The van der Waals surface area contributed by atoms with Gasteiger partial charge in [0.05, 0.1) is 0 Å². The fourth-order valence-corrected chi connectivity index (χ4v) is 4.26. The maximum atomic E-state index is 15.0. The van der Waals surface area contributed by atoms with Gasteiger partial charge in [-0.05, 0) is 61.3 Å². The van der Waals surface area contributed by atoms with E-state index in [0.29, 0.717) is 29.0 Å². The lowest BCUT2D eigenvalue weighted by Crippen LogP contribution is -2.05. The van der Waals surface area contributed by atoms with Gasteiger partial charge in [0.1, 0.15) is 0 Å². The van der Waals surface area contributed by atoms with Crippen LogP contribution in [-0.4, -0.2) is 0 Å². The standard InChI is InChI=1S/C28H24F4/c1-3-4-18-6-8-19(9-7-18)23-15-16-24(28(32)27(23)31)21-12-10-20(11-13-21)22-14-5-17(2)25(29)26(22)30/h3-5,8,10-16,18H,6-7,9H2,1-2H3. The van der Waals surface area contributed by atoms with E-state index in [-0.39, 0.29) is 16.7 Å². The van der Waals surface area contributed by atoms with Crippen LogP contribution in [0, 0.1) is 36.1 Å². The van der Waals surface area contributed by atoms with Crippen LogP contribution in [0.25, 0.3) is 27.8 Å². The van der Waals surface area contributed by atoms with Crippen LogP contribution < -0.4 is 0 Å². The Labute approximate surface area is 185 Å². The van der Waals surface area contributed by atoms with Crippen molar-refractivity contribution in [1.29, 1.82) is 0 Å². The first-order valence-electron chi connectivity index (χ1n) is 10.8. The maximum Gasteiger partial charge on any atom is 0.167 e. The van der Waals surface area contributed by atoms with E-state index in [4.69, 9.17) is 0 Å². The zero-order valence-electron chi connectivity index (χ0n) is 18.1. The van der Waals surface area contributed by atoms with E-state index in [9.17, 15) is 17.6 Å². The molecule has 0 amide bonds. The Morgan fingerprint density at radius 3 is 1.81 bits per heavy atom. The highest BCUT2D eigenvalue weighted by molar-refractivity contribution is 5.74. The van der Waals surface area contributed by atoms with Crippen molar-refractivity contribution < 1.29 is 17.6 Å². The molecule has 0 N–H and O–H groups in total. The SMILES string of the molecule is CC=CC1CC=C(c2ccc(-c3ccc(-c4ccc(C)c(F)c4F)cc3)c(F)c2F)CC1. The van der Waals surface area contributed by atoms with Gasteiger partial charge in [0, 0.05) is 16.7 Å². The summed E-state index contributed by atoms with van der Waals surface area (Å²) < 4.78 is 58.1. The second-order valence-corrected chi connectivity index (χ2v) is 8.21. The van der Waals surface area contributed by atoms with Crippen molar-refractivity contribution in [2.75, 3.05) is 0 Å². The van der Waals surface area contributed by atoms with Gasteiger partial charge in [-0.25, -0.2) is 17.6 Å². The van der Waals surface area contributed by atoms with Crippen LogP contribution in [0.1, 0.15) is 37.3 Å². The summed E-state index contributed by atoms with van der Waals surface area (Å²) in [5, 5.41) is 0. The fraction of sp³-hybridized carbons (Fsp3) is 0.214. The third kappa shape index (κ3) is 4.14. The largest absolute Gasteiger partial charge is 0.203 e. The number of hydrogen-bond acceptors (Lipinski definition) is 0. The topological polar surface area (TPSA) is 0 Å². The van der Waals surface area contributed by atoms with E-state index in [0.717, 1.165) is 18.4 Å². The Morgan fingerprint density at radius 2 is 1.25 bits per heavy atom. The lowest BCUT2D eigenvalue weighted by Gasteiger charge is -2.20. The summed E-state index contributed by atoms with van der Waals surface area (Å²) in [4.78, 5) is 0. The van der Waals surface area contributed by atoms with Crippen LogP contribution in [-0.2, 0) is 0 Å². The maximum absolute atomic E-state index is 15.0. The van der Waals surface area contributed by atoms with Gasteiger partial charge in [0.2, 0.25) is 0 Å². The number of rotatable bonds is 4. The average molecular weight is 436 g/mol. The van der Waals surface area contributed by atoms with E-state index in [2.05, 4.69) is 6.08 Å². The molecule has 4 rings (SSSR count). The molecule has 0 nitrogen and oxygen atoms in total. The third-order valence-electron chi connectivity index (χ3n) is 6.13. The van der Waals surface area contributed by atoms with Gasteiger partial charge in [0.15, 0.2) is 23.3 Å². The Balaban J connectivity index is 1.63. The van der Waals surface area contributed by atoms with E-state index in [1.54, 1.807) is 36.4 Å². The molecule has 4 heteroatoms. The van der Waals surface area contributed by atoms with Crippen molar-refractivity contribution in [3.05, 3.63) is 101 Å². The first kappa shape index (κ1) is 22.1. The van der Waals surface area contributed by atoms with Crippen molar-refractivity contribution in [3.8, 4) is 22.3 Å². The van der Waals surface area contributed by atoms with Crippen LogP contribution in [0.5, 0.6) is 0 Å². The van der Waals surface area contributed by atoms with Crippen molar-refractivity contribution in [1.82, 2.24) is 0 Å². The molecule has 1 atom stereocenters. The highest BCUT2D eigenvalue weighted by Crippen LogP contribution is 2.36. The molecule has 3 aromatic carbocycles. The lowest BCUT2D eigenvalue weighted by molar-refractivity contribution is 0.505. The molecule has 0 bridgehead atoms. The molecule has 0 aromatic heterocycles. The molecule has 0 aliphatic heterocycles. The Bertz CT molecular complexity index is 1200. The third-order valence-corrected chi connectivity index (χ3v) is 6.13. The Hall–Kier alpha value is -3.14. The van der Waals surface area contributed by atoms with E-state index in [1.165, 1.54) is 19.1 Å². The lowest BCUT2D eigenvalue weighted by atomic mass is 9.85. The number of halogens is 4. The number of hydrogen-bond donors (Lipinski definition) is 0. The predicted octanol–water partition coefficient (Wildman–Crippen LogP) is 8.65. The average Bonchev–Trinajstić information content (AvgIpc) is 2.81. The summed E-state index contributed by atoms with van der Waals surface area (Å²) in [6.07, 6.45) is 8.60. The molecular formula is C28H24F4. The molecule has 0 heterocycles. The van der Waals surface area contributed by atoms with Crippen LogP contribution in [0.3, 0.4) is 0 Å². The predicted molar refractivity (Wildman–Crippen MR) is 122 cm³/mol. The fourth-order valence-electron chi connectivity index (χ4n) is 4.26. The van der Waals surface area contributed by atoms with Gasteiger partial charge in [-0.2, -0.15) is 0 Å². The molecule has 1 aliphatic rings. The molecule has 0 radical (unpaired) electrons. The smallest absolute Gasteiger partial charge is 0.167 e. The van der Waals surface area contributed by atoms with Crippen molar-refractivity contribution in [2.24, 2.45) is 5.92 Å². The highest BCUT2D eigenvalue weighted by Gasteiger charge is 2.20. The van der Waals surface area contributed by atoms with Crippen molar-refractivity contribution >= 4 is 5.57 Å².